The molecule has 5 atom stereocenters. The molecule has 5 rings (SSSR count). The third kappa shape index (κ3) is 4.82. The molecule has 11 nitrogen and oxygen atoms in total. The zero-order chi connectivity index (χ0) is 25.0. The van der Waals surface area contributed by atoms with E-state index < -0.39 is 43.3 Å². The highest BCUT2D eigenvalue weighted by Crippen LogP contribution is 2.62. The Kier molecular flexibility index (Phi) is 5.94. The Hall–Kier alpha value is -2.47. The summed E-state index contributed by atoms with van der Waals surface area (Å²) in [5.74, 6) is -0.204. The molecule has 13 heteroatoms. The van der Waals surface area contributed by atoms with Gasteiger partial charge in [0.2, 0.25) is 0 Å². The smallest absolute Gasteiger partial charge is 0.385 e. The third-order valence-electron chi connectivity index (χ3n) is 6.07. The fourth-order valence-electron chi connectivity index (χ4n) is 4.56. The number of nitrogen functional groups attached to an aromatic ring is 1. The largest absolute Gasteiger partial charge is 0.475 e. The van der Waals surface area contributed by atoms with Gasteiger partial charge in [-0.15, -0.1) is 0 Å². The van der Waals surface area contributed by atoms with Crippen LogP contribution in [0.15, 0.2) is 36.9 Å². The van der Waals surface area contributed by atoms with Gasteiger partial charge in [-0.3, -0.25) is 18.1 Å². The summed E-state index contributed by atoms with van der Waals surface area (Å²) in [7, 11) is -4.03. The lowest BCUT2D eigenvalue weighted by molar-refractivity contribution is -0.0925. The lowest BCUT2D eigenvalue weighted by Gasteiger charge is -2.39. The van der Waals surface area contributed by atoms with Crippen LogP contribution in [0.4, 0.5) is 10.2 Å². The summed E-state index contributed by atoms with van der Waals surface area (Å²) < 4.78 is 51.9. The standard InChI is InChI=1S/C22H27FN5O6P/c1-21(2)9-16(13-5-4-6-14(23)7-13)33-35(30,34-21)31-10-15-8-22(3,29)20(32-15)28-12-27-17-18(24)25-11-26-19(17)28/h4-7,11-12,15-16,20,29H,8-10H2,1-3H3,(H2,24,25,26)/t15-,16-,20+,22+,35+/m0/s1. The zero-order valence-electron chi connectivity index (χ0n) is 19.5. The van der Waals surface area contributed by atoms with E-state index in [1.807, 2.05) is 0 Å². The first-order valence-electron chi connectivity index (χ1n) is 11.1. The first-order chi connectivity index (χ1) is 16.4. The summed E-state index contributed by atoms with van der Waals surface area (Å²) in [5, 5.41) is 11.1. The summed E-state index contributed by atoms with van der Waals surface area (Å²) in [4.78, 5) is 12.3. The zero-order valence-corrected chi connectivity index (χ0v) is 20.4. The monoisotopic (exact) mass is 507 g/mol. The molecule has 0 amide bonds. The average Bonchev–Trinajstić information content (AvgIpc) is 3.31. The van der Waals surface area contributed by atoms with Crippen LogP contribution in [0.3, 0.4) is 0 Å². The maximum atomic E-state index is 13.8. The van der Waals surface area contributed by atoms with Gasteiger partial charge in [-0.1, -0.05) is 12.1 Å². The van der Waals surface area contributed by atoms with Crippen LogP contribution in [0.1, 0.15) is 51.5 Å². The maximum Gasteiger partial charge on any atom is 0.475 e. The molecule has 35 heavy (non-hydrogen) atoms. The van der Waals surface area contributed by atoms with Gasteiger partial charge in [0, 0.05) is 12.8 Å². The number of hydrogen-bond donors (Lipinski definition) is 2. The highest BCUT2D eigenvalue weighted by molar-refractivity contribution is 7.48. The number of phosphoric acid groups is 1. The molecule has 0 spiro atoms. The van der Waals surface area contributed by atoms with Gasteiger partial charge >= 0.3 is 7.82 Å². The molecule has 2 aromatic heterocycles. The van der Waals surface area contributed by atoms with Crippen molar-refractivity contribution in [1.29, 1.82) is 0 Å². The fraction of sp³-hybridized carbons (Fsp3) is 0.500. The number of fused-ring (bicyclic) bond motifs is 1. The van der Waals surface area contributed by atoms with Gasteiger partial charge in [-0.25, -0.2) is 23.9 Å². The second-order valence-electron chi connectivity index (χ2n) is 9.70. The van der Waals surface area contributed by atoms with E-state index >= 15 is 0 Å². The van der Waals surface area contributed by atoms with Crippen LogP contribution in [0.2, 0.25) is 0 Å². The van der Waals surface area contributed by atoms with Gasteiger partial charge in [0.05, 0.1) is 30.7 Å². The highest BCUT2D eigenvalue weighted by atomic mass is 31.2. The van der Waals surface area contributed by atoms with Crippen LogP contribution in [-0.4, -0.2) is 48.5 Å². The Balaban J connectivity index is 1.31. The van der Waals surface area contributed by atoms with Crippen LogP contribution in [-0.2, 0) is 22.9 Å². The van der Waals surface area contributed by atoms with Gasteiger partial charge < -0.3 is 15.6 Å². The number of phosphoric ester groups is 1. The van der Waals surface area contributed by atoms with Crippen molar-refractivity contribution in [3.8, 4) is 0 Å². The number of imidazole rings is 1. The van der Waals surface area contributed by atoms with Crippen molar-refractivity contribution in [1.82, 2.24) is 19.5 Å². The van der Waals surface area contributed by atoms with Gasteiger partial charge in [-0.2, -0.15) is 0 Å². The van der Waals surface area contributed by atoms with Crippen molar-refractivity contribution in [2.45, 2.75) is 63.3 Å². The normalized spacial score (nSPS) is 32.8. The summed E-state index contributed by atoms with van der Waals surface area (Å²) in [6.07, 6.45) is 1.15. The topological polar surface area (TPSA) is 144 Å². The maximum absolute atomic E-state index is 13.8. The third-order valence-corrected chi connectivity index (χ3v) is 7.76. The molecule has 0 saturated carbocycles. The molecule has 0 aliphatic carbocycles. The molecule has 3 aromatic rings. The first-order valence-corrected chi connectivity index (χ1v) is 12.6. The molecule has 188 valence electrons. The summed E-state index contributed by atoms with van der Waals surface area (Å²) in [6.45, 7) is 4.98. The van der Waals surface area contributed by atoms with Crippen molar-refractivity contribution in [2.75, 3.05) is 12.3 Å². The van der Waals surface area contributed by atoms with Gasteiger partial charge in [0.1, 0.15) is 23.3 Å². The minimum atomic E-state index is -4.03. The van der Waals surface area contributed by atoms with Crippen LogP contribution in [0.25, 0.3) is 11.2 Å². The van der Waals surface area contributed by atoms with Gasteiger partial charge in [-0.05, 0) is 38.5 Å². The average molecular weight is 507 g/mol. The molecule has 1 aromatic carbocycles. The highest BCUT2D eigenvalue weighted by Gasteiger charge is 2.49. The van der Waals surface area contributed by atoms with Crippen molar-refractivity contribution in [2.24, 2.45) is 0 Å². The second-order valence-corrected chi connectivity index (χ2v) is 11.2. The van der Waals surface area contributed by atoms with Crippen LogP contribution >= 0.6 is 7.82 Å². The molecule has 0 unspecified atom stereocenters. The minimum absolute atomic E-state index is 0.167. The van der Waals surface area contributed by atoms with E-state index in [0.717, 1.165) is 0 Å². The fourth-order valence-corrected chi connectivity index (χ4v) is 6.25. The number of aromatic nitrogens is 4. The Morgan fingerprint density at radius 2 is 2.09 bits per heavy atom. The van der Waals surface area contributed by atoms with Crippen molar-refractivity contribution < 1.29 is 32.4 Å². The lowest BCUT2D eigenvalue weighted by Crippen LogP contribution is -2.33. The number of anilines is 1. The van der Waals surface area contributed by atoms with Gasteiger partial charge in [0.15, 0.2) is 17.7 Å². The molecule has 2 aliphatic heterocycles. The summed E-state index contributed by atoms with van der Waals surface area (Å²) in [6, 6.07) is 5.93. The molecule has 2 aliphatic rings. The first kappa shape index (κ1) is 24.2. The quantitative estimate of drug-likeness (QED) is 0.491. The number of nitrogens with two attached hydrogens (primary N) is 1. The number of hydrogen-bond acceptors (Lipinski definition) is 10. The molecular formula is C22H27FN5O6P. The molecule has 4 heterocycles. The number of rotatable bonds is 5. The molecular weight excluding hydrogens is 480 g/mol. The Labute approximate surface area is 201 Å². The lowest BCUT2D eigenvalue weighted by atomic mass is 9.96. The Bertz CT molecular complexity index is 1300. The Morgan fingerprint density at radius 3 is 2.86 bits per heavy atom. The second kappa shape index (κ2) is 8.58. The van der Waals surface area contributed by atoms with Gasteiger partial charge in [0.25, 0.3) is 0 Å². The van der Waals surface area contributed by atoms with E-state index in [2.05, 4.69) is 15.0 Å². The number of benzene rings is 1. The van der Waals surface area contributed by atoms with Crippen LogP contribution in [0.5, 0.6) is 0 Å². The minimum Gasteiger partial charge on any atom is -0.385 e. The molecule has 0 radical (unpaired) electrons. The van der Waals surface area contributed by atoms with E-state index in [1.165, 1.54) is 24.8 Å². The van der Waals surface area contributed by atoms with E-state index in [0.29, 0.717) is 23.1 Å². The number of ether oxygens (including phenoxy) is 1. The predicted molar refractivity (Wildman–Crippen MR) is 122 cm³/mol. The van der Waals surface area contributed by atoms with E-state index in [9.17, 15) is 14.1 Å². The van der Waals surface area contributed by atoms with E-state index in [-0.39, 0.29) is 18.8 Å². The Morgan fingerprint density at radius 1 is 1.29 bits per heavy atom. The molecule has 2 saturated heterocycles. The predicted octanol–water partition coefficient (Wildman–Crippen LogP) is 3.67. The van der Waals surface area contributed by atoms with Crippen molar-refractivity contribution >= 4 is 24.8 Å². The van der Waals surface area contributed by atoms with Crippen molar-refractivity contribution in [3.63, 3.8) is 0 Å². The SMILES string of the molecule is CC1(C)C[C@@H](c2cccc(F)c2)O[P@@](=O)(OC[C@@H]2C[C@@](C)(O)[C@H](n3cnc4c(N)ncnc43)O2)O1. The summed E-state index contributed by atoms with van der Waals surface area (Å²) in [5.41, 5.74) is 5.05. The number of aliphatic hydroxyl groups is 1. The van der Waals surface area contributed by atoms with E-state index in [1.54, 1.807) is 37.5 Å². The molecule has 3 N–H and O–H groups in total. The molecule has 0 bridgehead atoms. The molecule has 2 fully saturated rings. The van der Waals surface area contributed by atoms with E-state index in [4.69, 9.17) is 24.0 Å². The summed E-state index contributed by atoms with van der Waals surface area (Å²) >= 11 is 0. The number of nitrogens with zero attached hydrogens (tertiary/aromatic N) is 4. The van der Waals surface area contributed by atoms with Crippen LogP contribution < -0.4 is 5.73 Å². The van der Waals surface area contributed by atoms with Crippen LogP contribution in [0, 0.1) is 5.82 Å². The number of halogens is 1. The van der Waals surface area contributed by atoms with Crippen molar-refractivity contribution in [3.05, 3.63) is 48.3 Å².